The second-order valence-corrected chi connectivity index (χ2v) is 5.77. The molecule has 0 heterocycles. The Morgan fingerprint density at radius 2 is 2.12 bits per heavy atom. The molecule has 1 saturated carbocycles. The number of rotatable bonds is 1. The molecule has 0 amide bonds. The van der Waals surface area contributed by atoms with Crippen LogP contribution in [0.15, 0.2) is 18.2 Å². The fraction of sp³-hybridized carbons (Fsp3) is 0.571. The molecule has 1 aliphatic rings. The minimum atomic E-state index is -1.04. The largest absolute Gasteiger partial charge is 0.385 e. The standard InChI is InChI=1S/C14H18ClFO/c1-9-5-6-14(17,10(2)7-9)12-4-3-11(15)8-13(12)16/h3-4,8-10,17H,5-7H2,1-2H3. The van der Waals surface area contributed by atoms with Gasteiger partial charge >= 0.3 is 0 Å². The normalized spacial score (nSPS) is 33.7. The highest BCUT2D eigenvalue weighted by Crippen LogP contribution is 2.44. The summed E-state index contributed by atoms with van der Waals surface area (Å²) in [4.78, 5) is 0. The predicted molar refractivity (Wildman–Crippen MR) is 67.5 cm³/mol. The average molecular weight is 257 g/mol. The molecule has 0 spiro atoms. The number of benzene rings is 1. The van der Waals surface area contributed by atoms with Gasteiger partial charge in [0.25, 0.3) is 0 Å². The van der Waals surface area contributed by atoms with E-state index in [4.69, 9.17) is 11.6 Å². The summed E-state index contributed by atoms with van der Waals surface area (Å²) >= 11 is 5.74. The van der Waals surface area contributed by atoms with Crippen molar-refractivity contribution in [1.29, 1.82) is 0 Å². The van der Waals surface area contributed by atoms with E-state index in [-0.39, 0.29) is 5.92 Å². The van der Waals surface area contributed by atoms with Crippen molar-refractivity contribution in [2.24, 2.45) is 11.8 Å². The third kappa shape index (κ3) is 2.34. The van der Waals surface area contributed by atoms with E-state index in [0.29, 0.717) is 22.9 Å². The molecule has 2 rings (SSSR count). The molecular weight excluding hydrogens is 239 g/mol. The Labute approximate surface area is 107 Å². The molecule has 1 aliphatic carbocycles. The Hall–Kier alpha value is -0.600. The van der Waals surface area contributed by atoms with Gasteiger partial charge in [0.1, 0.15) is 5.82 Å². The lowest BCUT2D eigenvalue weighted by Gasteiger charge is -2.41. The van der Waals surface area contributed by atoms with Gasteiger partial charge in [-0.1, -0.05) is 31.5 Å². The topological polar surface area (TPSA) is 20.2 Å². The Morgan fingerprint density at radius 1 is 1.41 bits per heavy atom. The molecule has 17 heavy (non-hydrogen) atoms. The molecule has 1 fully saturated rings. The van der Waals surface area contributed by atoms with E-state index in [1.54, 1.807) is 12.1 Å². The van der Waals surface area contributed by atoms with Crippen LogP contribution in [0.2, 0.25) is 5.02 Å². The van der Waals surface area contributed by atoms with E-state index in [1.807, 2.05) is 6.92 Å². The number of halogens is 2. The van der Waals surface area contributed by atoms with Crippen LogP contribution < -0.4 is 0 Å². The Bertz CT molecular complexity index is 421. The van der Waals surface area contributed by atoms with E-state index in [9.17, 15) is 9.50 Å². The number of hydrogen-bond donors (Lipinski definition) is 1. The first kappa shape index (κ1) is 12.8. The first-order valence-corrected chi connectivity index (χ1v) is 6.49. The molecular formula is C14H18ClFO. The van der Waals surface area contributed by atoms with Crippen LogP contribution in [0.4, 0.5) is 4.39 Å². The van der Waals surface area contributed by atoms with Crippen LogP contribution in [0, 0.1) is 17.7 Å². The smallest absolute Gasteiger partial charge is 0.130 e. The van der Waals surface area contributed by atoms with Crippen molar-refractivity contribution in [3.63, 3.8) is 0 Å². The van der Waals surface area contributed by atoms with E-state index < -0.39 is 11.4 Å². The molecule has 3 heteroatoms. The van der Waals surface area contributed by atoms with Crippen LogP contribution in [0.3, 0.4) is 0 Å². The van der Waals surface area contributed by atoms with Gasteiger partial charge in [0.05, 0.1) is 5.60 Å². The fourth-order valence-corrected chi connectivity index (χ4v) is 3.03. The summed E-state index contributed by atoms with van der Waals surface area (Å²) in [6, 6.07) is 4.53. The number of aliphatic hydroxyl groups is 1. The highest BCUT2D eigenvalue weighted by molar-refractivity contribution is 6.30. The van der Waals surface area contributed by atoms with Crippen LogP contribution in [0.5, 0.6) is 0 Å². The summed E-state index contributed by atoms with van der Waals surface area (Å²) in [6.07, 6.45) is 2.48. The van der Waals surface area contributed by atoms with Gasteiger partial charge < -0.3 is 5.11 Å². The van der Waals surface area contributed by atoms with Gasteiger partial charge in [-0.2, -0.15) is 0 Å². The molecule has 1 N–H and O–H groups in total. The first-order valence-electron chi connectivity index (χ1n) is 6.11. The zero-order chi connectivity index (χ0) is 12.6. The quantitative estimate of drug-likeness (QED) is 0.801. The highest BCUT2D eigenvalue weighted by atomic mass is 35.5. The van der Waals surface area contributed by atoms with Gasteiger partial charge in [-0.05, 0) is 43.2 Å². The monoisotopic (exact) mass is 256 g/mol. The average Bonchev–Trinajstić information content (AvgIpc) is 2.24. The summed E-state index contributed by atoms with van der Waals surface area (Å²) in [6.45, 7) is 4.16. The summed E-state index contributed by atoms with van der Waals surface area (Å²) in [7, 11) is 0. The molecule has 3 atom stereocenters. The molecule has 0 bridgehead atoms. The fourth-order valence-electron chi connectivity index (χ4n) is 2.87. The van der Waals surface area contributed by atoms with Crippen molar-refractivity contribution >= 4 is 11.6 Å². The van der Waals surface area contributed by atoms with E-state index in [0.717, 1.165) is 12.8 Å². The lowest BCUT2D eigenvalue weighted by atomic mass is 9.69. The van der Waals surface area contributed by atoms with Crippen molar-refractivity contribution < 1.29 is 9.50 Å². The summed E-state index contributed by atoms with van der Waals surface area (Å²) in [5, 5.41) is 11.1. The van der Waals surface area contributed by atoms with Gasteiger partial charge in [0, 0.05) is 10.6 Å². The van der Waals surface area contributed by atoms with Crippen molar-refractivity contribution in [2.45, 2.75) is 38.7 Å². The first-order chi connectivity index (χ1) is 7.93. The van der Waals surface area contributed by atoms with Crippen LogP contribution in [0.25, 0.3) is 0 Å². The van der Waals surface area contributed by atoms with Crippen LogP contribution in [-0.2, 0) is 5.60 Å². The zero-order valence-electron chi connectivity index (χ0n) is 10.2. The summed E-state index contributed by atoms with van der Waals surface area (Å²) in [5.41, 5.74) is -0.650. The van der Waals surface area contributed by atoms with Crippen molar-refractivity contribution in [3.05, 3.63) is 34.6 Å². The minimum absolute atomic E-state index is 0.0712. The third-order valence-electron chi connectivity index (χ3n) is 3.99. The maximum atomic E-state index is 13.9. The van der Waals surface area contributed by atoms with Gasteiger partial charge in [-0.3, -0.25) is 0 Å². The number of hydrogen-bond acceptors (Lipinski definition) is 1. The second-order valence-electron chi connectivity index (χ2n) is 5.33. The second kappa shape index (κ2) is 4.58. The predicted octanol–water partition coefficient (Wildman–Crippen LogP) is 4.12. The molecule has 0 saturated heterocycles. The Morgan fingerprint density at radius 3 is 2.71 bits per heavy atom. The zero-order valence-corrected chi connectivity index (χ0v) is 11.0. The molecule has 1 aromatic rings. The molecule has 3 unspecified atom stereocenters. The molecule has 94 valence electrons. The van der Waals surface area contributed by atoms with Crippen molar-refractivity contribution in [3.8, 4) is 0 Å². The molecule has 0 aliphatic heterocycles. The SMILES string of the molecule is CC1CCC(O)(c2ccc(Cl)cc2F)C(C)C1. The van der Waals surface area contributed by atoms with Crippen LogP contribution in [0.1, 0.15) is 38.7 Å². The summed E-state index contributed by atoms with van der Waals surface area (Å²) in [5.74, 6) is 0.268. The molecule has 1 aromatic carbocycles. The Balaban J connectivity index is 2.37. The third-order valence-corrected chi connectivity index (χ3v) is 4.22. The van der Waals surface area contributed by atoms with Crippen LogP contribution in [-0.4, -0.2) is 5.11 Å². The van der Waals surface area contributed by atoms with Gasteiger partial charge in [0.15, 0.2) is 0 Å². The Kier molecular flexibility index (Phi) is 3.46. The minimum Gasteiger partial charge on any atom is -0.385 e. The maximum absolute atomic E-state index is 13.9. The lowest BCUT2D eigenvalue weighted by Crippen LogP contribution is -2.39. The van der Waals surface area contributed by atoms with Crippen molar-refractivity contribution in [1.82, 2.24) is 0 Å². The van der Waals surface area contributed by atoms with E-state index >= 15 is 0 Å². The van der Waals surface area contributed by atoms with Crippen LogP contribution >= 0.6 is 11.6 Å². The van der Waals surface area contributed by atoms with Crippen molar-refractivity contribution in [2.75, 3.05) is 0 Å². The lowest BCUT2D eigenvalue weighted by molar-refractivity contribution is -0.0612. The van der Waals surface area contributed by atoms with Gasteiger partial charge in [-0.25, -0.2) is 4.39 Å². The van der Waals surface area contributed by atoms with E-state index in [1.165, 1.54) is 6.07 Å². The van der Waals surface area contributed by atoms with Gasteiger partial charge in [-0.15, -0.1) is 0 Å². The van der Waals surface area contributed by atoms with Gasteiger partial charge in [0.2, 0.25) is 0 Å². The molecule has 1 nitrogen and oxygen atoms in total. The maximum Gasteiger partial charge on any atom is 0.130 e. The summed E-state index contributed by atoms with van der Waals surface area (Å²) < 4.78 is 13.9. The molecule has 0 radical (unpaired) electrons. The molecule has 0 aromatic heterocycles. The highest BCUT2D eigenvalue weighted by Gasteiger charge is 2.41. The van der Waals surface area contributed by atoms with E-state index in [2.05, 4.69) is 6.92 Å².